The van der Waals surface area contributed by atoms with Crippen molar-refractivity contribution in [2.24, 2.45) is 0 Å². The van der Waals surface area contributed by atoms with Crippen LogP contribution in [0.4, 0.5) is 11.4 Å². The molecule has 1 aliphatic heterocycles. The van der Waals surface area contributed by atoms with Crippen molar-refractivity contribution in [2.75, 3.05) is 43.5 Å². The molecule has 116 valence electrons. The maximum absolute atomic E-state index is 11.9. The number of carbonyl (C=O) groups is 2. The first-order chi connectivity index (χ1) is 10.7. The van der Waals surface area contributed by atoms with Crippen LogP contribution in [0.5, 0.6) is 0 Å². The Morgan fingerprint density at radius 2 is 1.64 bits per heavy atom. The summed E-state index contributed by atoms with van der Waals surface area (Å²) in [6.45, 7) is 3.17. The fourth-order valence-electron chi connectivity index (χ4n) is 2.08. The van der Waals surface area contributed by atoms with Crippen LogP contribution in [0.2, 0.25) is 0 Å². The Morgan fingerprint density at radius 1 is 1.09 bits per heavy atom. The lowest BCUT2D eigenvalue weighted by Gasteiger charge is -2.25. The molecule has 1 aliphatic rings. The van der Waals surface area contributed by atoms with Crippen LogP contribution in [-0.2, 0) is 14.3 Å². The second-order valence-electron chi connectivity index (χ2n) is 4.90. The topological polar surface area (TPSA) is 94.5 Å². The van der Waals surface area contributed by atoms with Crippen LogP contribution in [0.15, 0.2) is 24.3 Å². The number of benzene rings is 1. The first kappa shape index (κ1) is 15.9. The molecule has 0 unspecified atom stereocenters. The van der Waals surface area contributed by atoms with E-state index in [1.807, 2.05) is 4.90 Å². The van der Waals surface area contributed by atoms with Crippen LogP contribution in [0.25, 0.3) is 0 Å². The lowest BCUT2D eigenvalue weighted by atomic mass is 10.2. The van der Waals surface area contributed by atoms with Gasteiger partial charge in [0, 0.05) is 24.5 Å². The normalized spacial score (nSPS) is 14.9. The van der Waals surface area contributed by atoms with Gasteiger partial charge >= 0.3 is 0 Å². The van der Waals surface area contributed by atoms with Crippen molar-refractivity contribution >= 4 is 23.2 Å². The van der Waals surface area contributed by atoms with Crippen molar-refractivity contribution < 1.29 is 14.3 Å². The van der Waals surface area contributed by atoms with Crippen LogP contribution in [0.3, 0.4) is 0 Å². The van der Waals surface area contributed by atoms with Gasteiger partial charge in [0.05, 0.1) is 25.8 Å². The third-order valence-electron chi connectivity index (χ3n) is 3.16. The molecular formula is C15H18N4O3. The Hall–Kier alpha value is -2.43. The molecule has 2 rings (SSSR count). The molecule has 1 aromatic rings. The zero-order valence-electron chi connectivity index (χ0n) is 12.2. The highest BCUT2D eigenvalue weighted by Gasteiger charge is 2.14. The highest BCUT2D eigenvalue weighted by Crippen LogP contribution is 2.14. The molecule has 7 heteroatoms. The smallest absolute Gasteiger partial charge is 0.238 e. The molecule has 0 spiro atoms. The molecule has 0 aromatic heterocycles. The van der Waals surface area contributed by atoms with Gasteiger partial charge in [0.2, 0.25) is 11.8 Å². The molecule has 2 N–H and O–H groups in total. The highest BCUT2D eigenvalue weighted by molar-refractivity contribution is 5.94. The quantitative estimate of drug-likeness (QED) is 0.839. The standard InChI is InChI=1S/C15H18N4O3/c16-6-5-14(20)17-12-1-3-13(4-2-12)18-15(21)11-19-7-9-22-10-8-19/h1-4H,5,7-11H2,(H,17,20)(H,18,21). The summed E-state index contributed by atoms with van der Waals surface area (Å²) < 4.78 is 5.23. The first-order valence-electron chi connectivity index (χ1n) is 7.04. The van der Waals surface area contributed by atoms with Crippen LogP contribution in [0, 0.1) is 11.3 Å². The Bertz CT molecular complexity index is 559. The zero-order chi connectivity index (χ0) is 15.8. The average Bonchev–Trinajstić information content (AvgIpc) is 2.50. The van der Waals surface area contributed by atoms with Gasteiger partial charge in [-0.3, -0.25) is 14.5 Å². The summed E-state index contributed by atoms with van der Waals surface area (Å²) in [7, 11) is 0. The first-order valence-corrected chi connectivity index (χ1v) is 7.04. The van der Waals surface area contributed by atoms with E-state index in [9.17, 15) is 9.59 Å². The molecule has 7 nitrogen and oxygen atoms in total. The van der Waals surface area contributed by atoms with E-state index < -0.39 is 0 Å². The molecule has 0 aliphatic carbocycles. The van der Waals surface area contributed by atoms with Crippen molar-refractivity contribution in [3.8, 4) is 6.07 Å². The van der Waals surface area contributed by atoms with E-state index in [0.29, 0.717) is 31.1 Å². The van der Waals surface area contributed by atoms with Gasteiger partial charge in [-0.1, -0.05) is 0 Å². The minimum absolute atomic E-state index is 0.0804. The minimum Gasteiger partial charge on any atom is -0.379 e. The predicted octanol–water partition coefficient (Wildman–Crippen LogP) is 0.809. The monoisotopic (exact) mass is 302 g/mol. The molecule has 1 fully saturated rings. The van der Waals surface area contributed by atoms with E-state index in [1.165, 1.54) is 0 Å². The number of hydrogen-bond donors (Lipinski definition) is 2. The van der Waals surface area contributed by atoms with Gasteiger partial charge in [-0.2, -0.15) is 5.26 Å². The second kappa shape index (κ2) is 8.12. The summed E-state index contributed by atoms with van der Waals surface area (Å²) in [4.78, 5) is 25.2. The van der Waals surface area contributed by atoms with Crippen LogP contribution in [-0.4, -0.2) is 49.6 Å². The molecule has 1 aromatic carbocycles. The van der Waals surface area contributed by atoms with Crippen molar-refractivity contribution in [1.29, 1.82) is 5.26 Å². The summed E-state index contributed by atoms with van der Waals surface area (Å²) >= 11 is 0. The summed E-state index contributed by atoms with van der Waals surface area (Å²) in [6.07, 6.45) is -0.183. The van der Waals surface area contributed by atoms with E-state index in [2.05, 4.69) is 10.6 Å². The summed E-state index contributed by atoms with van der Waals surface area (Å²) in [5, 5.41) is 13.8. The highest BCUT2D eigenvalue weighted by atomic mass is 16.5. The summed E-state index contributed by atoms with van der Waals surface area (Å²) in [5.74, 6) is -0.435. The van der Waals surface area contributed by atoms with Gasteiger partial charge in [-0.15, -0.1) is 0 Å². The van der Waals surface area contributed by atoms with Gasteiger partial charge in [0.25, 0.3) is 0 Å². The van der Waals surface area contributed by atoms with Gasteiger partial charge in [-0.25, -0.2) is 0 Å². The van der Waals surface area contributed by atoms with E-state index in [0.717, 1.165) is 13.1 Å². The maximum atomic E-state index is 11.9. The number of morpholine rings is 1. The number of hydrogen-bond acceptors (Lipinski definition) is 5. The molecule has 1 saturated heterocycles. The summed E-state index contributed by atoms with van der Waals surface area (Å²) in [5.41, 5.74) is 1.25. The molecule has 0 bridgehead atoms. The van der Waals surface area contributed by atoms with Gasteiger partial charge < -0.3 is 15.4 Å². The van der Waals surface area contributed by atoms with Crippen molar-refractivity contribution in [2.45, 2.75) is 6.42 Å². The minimum atomic E-state index is -0.355. The van der Waals surface area contributed by atoms with E-state index in [-0.39, 0.29) is 18.2 Å². The van der Waals surface area contributed by atoms with Crippen LogP contribution in [0.1, 0.15) is 6.42 Å². The number of nitrogens with zero attached hydrogens (tertiary/aromatic N) is 2. The number of rotatable bonds is 5. The number of nitrogens with one attached hydrogen (secondary N) is 2. The Balaban J connectivity index is 1.81. The second-order valence-corrected chi connectivity index (χ2v) is 4.90. The third kappa shape index (κ3) is 5.16. The van der Waals surface area contributed by atoms with Crippen molar-refractivity contribution in [3.05, 3.63) is 24.3 Å². The molecule has 1 heterocycles. The Morgan fingerprint density at radius 3 is 2.18 bits per heavy atom. The lowest BCUT2D eigenvalue weighted by Crippen LogP contribution is -2.41. The fraction of sp³-hybridized carbons (Fsp3) is 0.400. The van der Waals surface area contributed by atoms with Gasteiger partial charge in [-0.05, 0) is 24.3 Å². The third-order valence-corrected chi connectivity index (χ3v) is 3.16. The average molecular weight is 302 g/mol. The van der Waals surface area contributed by atoms with Gasteiger partial charge in [0.15, 0.2) is 0 Å². The summed E-state index contributed by atoms with van der Waals surface area (Å²) in [6, 6.07) is 8.56. The fourth-order valence-corrected chi connectivity index (χ4v) is 2.08. The number of carbonyl (C=O) groups excluding carboxylic acids is 2. The Labute approximate surface area is 128 Å². The number of nitriles is 1. The number of anilines is 2. The molecule has 0 atom stereocenters. The van der Waals surface area contributed by atoms with Crippen molar-refractivity contribution in [3.63, 3.8) is 0 Å². The van der Waals surface area contributed by atoms with Crippen molar-refractivity contribution in [1.82, 2.24) is 4.90 Å². The van der Waals surface area contributed by atoms with E-state index in [4.69, 9.17) is 10.00 Å². The molecular weight excluding hydrogens is 284 g/mol. The molecule has 2 amide bonds. The van der Waals surface area contributed by atoms with E-state index in [1.54, 1.807) is 30.3 Å². The zero-order valence-corrected chi connectivity index (χ0v) is 12.2. The largest absolute Gasteiger partial charge is 0.379 e. The van der Waals surface area contributed by atoms with Crippen LogP contribution >= 0.6 is 0 Å². The molecule has 0 saturated carbocycles. The maximum Gasteiger partial charge on any atom is 0.238 e. The number of amides is 2. The van der Waals surface area contributed by atoms with E-state index >= 15 is 0 Å². The Kier molecular flexibility index (Phi) is 5.89. The van der Waals surface area contributed by atoms with Crippen LogP contribution < -0.4 is 10.6 Å². The van der Waals surface area contributed by atoms with Gasteiger partial charge in [0.1, 0.15) is 6.42 Å². The predicted molar refractivity (Wildman–Crippen MR) is 81.2 cm³/mol. The SMILES string of the molecule is N#CCC(=O)Nc1ccc(NC(=O)CN2CCOCC2)cc1. The number of ether oxygens (including phenoxy) is 1. The lowest BCUT2D eigenvalue weighted by molar-refractivity contribution is -0.118. The molecule has 22 heavy (non-hydrogen) atoms. The molecule has 0 radical (unpaired) electrons.